The first-order valence-corrected chi connectivity index (χ1v) is 6.71. The molecule has 0 aromatic rings. The van der Waals surface area contributed by atoms with Crippen molar-refractivity contribution in [2.24, 2.45) is 0 Å². The molecule has 0 aliphatic rings. The van der Waals surface area contributed by atoms with Crippen LogP contribution in [0.5, 0.6) is 0 Å². The Hall–Kier alpha value is -1.36. The topological polar surface area (TPSA) is 61.8 Å². The Morgan fingerprint density at radius 2 is 1.42 bits per heavy atom. The van der Waals surface area contributed by atoms with Crippen LogP contribution >= 0.6 is 0 Å². The van der Waals surface area contributed by atoms with Crippen LogP contribution in [0.15, 0.2) is 12.2 Å². The van der Waals surface area contributed by atoms with Gasteiger partial charge in [-0.15, -0.1) is 0 Å². The van der Waals surface area contributed by atoms with Gasteiger partial charge in [0.1, 0.15) is 6.61 Å². The zero-order chi connectivity index (χ0) is 14.3. The van der Waals surface area contributed by atoms with Gasteiger partial charge in [-0.3, -0.25) is 0 Å². The summed E-state index contributed by atoms with van der Waals surface area (Å²) in [6.45, 7) is 3.05. The molecule has 110 valence electrons. The summed E-state index contributed by atoms with van der Waals surface area (Å²) in [6, 6.07) is 0. The monoisotopic (exact) mass is 272 g/mol. The molecule has 0 aliphatic carbocycles. The minimum atomic E-state index is -0.572. The van der Waals surface area contributed by atoms with E-state index >= 15 is 0 Å². The quantitative estimate of drug-likeness (QED) is 0.328. The summed E-state index contributed by atoms with van der Waals surface area (Å²) >= 11 is 0. The minimum absolute atomic E-state index is 0.173. The van der Waals surface area contributed by atoms with Crippen LogP contribution in [0.4, 0.5) is 0 Å². The lowest BCUT2D eigenvalue weighted by molar-refractivity contribution is -0.141. The Morgan fingerprint density at radius 1 is 0.842 bits per heavy atom. The average molecular weight is 272 g/mol. The first-order valence-electron chi connectivity index (χ1n) is 6.71. The molecule has 0 aliphatic heterocycles. The molecule has 0 aromatic heterocycles. The molecule has 0 aromatic carbocycles. The molecular formula is C14H24O5. The van der Waals surface area contributed by atoms with Gasteiger partial charge in [-0.25, -0.2) is 9.59 Å². The highest BCUT2D eigenvalue weighted by Crippen LogP contribution is 2.02. The van der Waals surface area contributed by atoms with Gasteiger partial charge in [0.15, 0.2) is 0 Å². The first-order chi connectivity index (χ1) is 9.20. The normalized spacial score (nSPS) is 10.6. The van der Waals surface area contributed by atoms with E-state index in [-0.39, 0.29) is 6.61 Å². The van der Waals surface area contributed by atoms with Gasteiger partial charge in [0.05, 0.1) is 13.2 Å². The number of carbonyl (C=O) groups is 2. The fourth-order valence-electron chi connectivity index (χ4n) is 1.34. The van der Waals surface area contributed by atoms with E-state index < -0.39 is 11.9 Å². The lowest BCUT2D eigenvalue weighted by atomic mass is 10.2. The Kier molecular flexibility index (Phi) is 12.1. The van der Waals surface area contributed by atoms with Gasteiger partial charge in [-0.1, -0.05) is 32.6 Å². The fraction of sp³-hybridized carbons (Fsp3) is 0.714. The number of carbonyl (C=O) groups excluding carboxylic acids is 2. The lowest BCUT2D eigenvalue weighted by Gasteiger charge is -2.02. The number of methoxy groups -OCH3 is 1. The fourth-order valence-corrected chi connectivity index (χ4v) is 1.34. The van der Waals surface area contributed by atoms with E-state index in [0.717, 1.165) is 31.4 Å². The number of unbranched alkanes of at least 4 members (excludes halogenated alkanes) is 4. The van der Waals surface area contributed by atoms with Crippen molar-refractivity contribution in [3.8, 4) is 0 Å². The summed E-state index contributed by atoms with van der Waals surface area (Å²) in [7, 11) is 1.52. The SMILES string of the molecule is CCCCCCCOC(=O)/C=C/C(=O)OCCOC. The van der Waals surface area contributed by atoms with Crippen LogP contribution < -0.4 is 0 Å². The zero-order valence-corrected chi connectivity index (χ0v) is 11.9. The van der Waals surface area contributed by atoms with Crippen LogP contribution in [0.3, 0.4) is 0 Å². The molecule has 0 radical (unpaired) electrons. The smallest absolute Gasteiger partial charge is 0.331 e. The lowest BCUT2D eigenvalue weighted by Crippen LogP contribution is -2.08. The van der Waals surface area contributed by atoms with E-state index in [9.17, 15) is 9.59 Å². The molecule has 0 saturated carbocycles. The number of hydrogen-bond donors (Lipinski definition) is 0. The van der Waals surface area contributed by atoms with Crippen molar-refractivity contribution in [1.82, 2.24) is 0 Å². The molecule has 0 rings (SSSR count). The van der Waals surface area contributed by atoms with E-state index in [1.54, 1.807) is 0 Å². The van der Waals surface area contributed by atoms with Gasteiger partial charge < -0.3 is 14.2 Å². The third-order valence-electron chi connectivity index (χ3n) is 2.38. The molecule has 0 fully saturated rings. The molecule has 0 atom stereocenters. The molecule has 0 saturated heterocycles. The Bertz CT molecular complexity index is 273. The summed E-state index contributed by atoms with van der Waals surface area (Å²) in [5.74, 6) is -1.09. The van der Waals surface area contributed by atoms with E-state index in [2.05, 4.69) is 6.92 Å². The van der Waals surface area contributed by atoms with Crippen molar-refractivity contribution < 1.29 is 23.8 Å². The van der Waals surface area contributed by atoms with Crippen molar-refractivity contribution in [2.75, 3.05) is 26.9 Å². The molecular weight excluding hydrogens is 248 g/mol. The molecule has 0 unspecified atom stereocenters. The van der Waals surface area contributed by atoms with Crippen molar-refractivity contribution in [3.05, 3.63) is 12.2 Å². The second-order valence-electron chi connectivity index (χ2n) is 4.08. The van der Waals surface area contributed by atoms with Crippen LogP contribution in [0.2, 0.25) is 0 Å². The predicted molar refractivity (Wildman–Crippen MR) is 71.7 cm³/mol. The summed E-state index contributed by atoms with van der Waals surface area (Å²) in [4.78, 5) is 22.3. The minimum Gasteiger partial charge on any atom is -0.463 e. The highest BCUT2D eigenvalue weighted by molar-refractivity contribution is 5.91. The Morgan fingerprint density at radius 3 is 2.00 bits per heavy atom. The standard InChI is InChI=1S/C14H24O5/c1-3-4-5-6-7-10-18-13(15)8-9-14(16)19-12-11-17-2/h8-9H,3-7,10-12H2,1-2H3/b9-8+. The number of hydrogen-bond acceptors (Lipinski definition) is 5. The highest BCUT2D eigenvalue weighted by atomic mass is 16.6. The third kappa shape index (κ3) is 12.9. The number of esters is 2. The van der Waals surface area contributed by atoms with Gasteiger partial charge in [-0.05, 0) is 6.42 Å². The molecule has 0 spiro atoms. The average Bonchev–Trinajstić information content (AvgIpc) is 2.40. The second-order valence-corrected chi connectivity index (χ2v) is 4.08. The molecule has 5 heteroatoms. The van der Waals surface area contributed by atoms with Crippen molar-refractivity contribution in [3.63, 3.8) is 0 Å². The predicted octanol–water partition coefficient (Wildman–Crippen LogP) is 2.25. The molecule has 0 bridgehead atoms. The number of ether oxygens (including phenoxy) is 3. The largest absolute Gasteiger partial charge is 0.463 e. The van der Waals surface area contributed by atoms with Gasteiger partial charge in [-0.2, -0.15) is 0 Å². The summed E-state index contributed by atoms with van der Waals surface area (Å²) in [5.41, 5.74) is 0. The van der Waals surface area contributed by atoms with E-state index in [0.29, 0.717) is 13.2 Å². The second kappa shape index (κ2) is 13.1. The molecule has 0 heterocycles. The number of rotatable bonds is 11. The van der Waals surface area contributed by atoms with E-state index in [4.69, 9.17) is 14.2 Å². The molecule has 0 N–H and O–H groups in total. The summed E-state index contributed by atoms with van der Waals surface area (Å²) in [5, 5.41) is 0. The van der Waals surface area contributed by atoms with Gasteiger partial charge in [0, 0.05) is 19.3 Å². The van der Waals surface area contributed by atoms with Gasteiger partial charge in [0.25, 0.3) is 0 Å². The summed E-state index contributed by atoms with van der Waals surface area (Å²) < 4.78 is 14.4. The van der Waals surface area contributed by atoms with E-state index in [1.165, 1.54) is 20.0 Å². The van der Waals surface area contributed by atoms with Gasteiger partial charge >= 0.3 is 11.9 Å². The molecule has 0 amide bonds. The molecule has 19 heavy (non-hydrogen) atoms. The highest BCUT2D eigenvalue weighted by Gasteiger charge is 2.00. The molecule has 5 nitrogen and oxygen atoms in total. The maximum absolute atomic E-state index is 11.2. The van der Waals surface area contributed by atoms with Crippen LogP contribution in [0.25, 0.3) is 0 Å². The van der Waals surface area contributed by atoms with Crippen molar-refractivity contribution >= 4 is 11.9 Å². The van der Waals surface area contributed by atoms with Gasteiger partial charge in [0.2, 0.25) is 0 Å². The van der Waals surface area contributed by atoms with Crippen LogP contribution in [0, 0.1) is 0 Å². The van der Waals surface area contributed by atoms with Crippen molar-refractivity contribution in [1.29, 1.82) is 0 Å². The maximum atomic E-state index is 11.2. The zero-order valence-electron chi connectivity index (χ0n) is 11.9. The Balaban J connectivity index is 3.53. The van der Waals surface area contributed by atoms with Crippen LogP contribution in [-0.4, -0.2) is 38.9 Å². The summed E-state index contributed by atoms with van der Waals surface area (Å²) in [6.07, 6.45) is 7.63. The maximum Gasteiger partial charge on any atom is 0.331 e. The van der Waals surface area contributed by atoms with E-state index in [1.807, 2.05) is 0 Å². The Labute approximate surface area is 114 Å². The van der Waals surface area contributed by atoms with Crippen molar-refractivity contribution in [2.45, 2.75) is 39.0 Å². The third-order valence-corrected chi connectivity index (χ3v) is 2.38. The first kappa shape index (κ1) is 17.6. The van der Waals surface area contributed by atoms with Crippen LogP contribution in [-0.2, 0) is 23.8 Å². The van der Waals surface area contributed by atoms with Crippen LogP contribution in [0.1, 0.15) is 39.0 Å².